The summed E-state index contributed by atoms with van der Waals surface area (Å²) in [7, 11) is 0. The Bertz CT molecular complexity index is 456. The van der Waals surface area contributed by atoms with Crippen molar-refractivity contribution in [3.05, 3.63) is 29.8 Å². The summed E-state index contributed by atoms with van der Waals surface area (Å²) in [5.74, 6) is -0.145. The number of carbonyl (C=O) groups excluding carboxylic acids is 2. The van der Waals surface area contributed by atoms with Gasteiger partial charge in [-0.05, 0) is 30.7 Å². The largest absolute Gasteiger partial charge is 0.385 e. The minimum Gasteiger partial charge on any atom is -0.385 e. The Morgan fingerprint density at radius 1 is 1.37 bits per heavy atom. The third kappa shape index (κ3) is 3.71. The highest BCUT2D eigenvalue weighted by atomic mass is 16.2. The van der Waals surface area contributed by atoms with Crippen LogP contribution in [0.3, 0.4) is 0 Å². The topological polar surface area (TPSA) is 70.2 Å². The van der Waals surface area contributed by atoms with Gasteiger partial charge in [0.1, 0.15) is 0 Å². The van der Waals surface area contributed by atoms with Gasteiger partial charge in [0.15, 0.2) is 0 Å². The van der Waals surface area contributed by atoms with E-state index in [0.29, 0.717) is 18.5 Å². The second-order valence-corrected chi connectivity index (χ2v) is 4.68. The third-order valence-corrected chi connectivity index (χ3v) is 3.04. The van der Waals surface area contributed by atoms with Crippen molar-refractivity contribution in [2.45, 2.75) is 25.8 Å². The molecule has 1 aromatic carbocycles. The Morgan fingerprint density at radius 2 is 2.11 bits per heavy atom. The molecule has 19 heavy (non-hydrogen) atoms. The summed E-state index contributed by atoms with van der Waals surface area (Å²) in [5.41, 5.74) is 1.62. The van der Waals surface area contributed by atoms with E-state index < -0.39 is 0 Å². The van der Waals surface area contributed by atoms with Gasteiger partial charge in [0, 0.05) is 30.8 Å². The van der Waals surface area contributed by atoms with Crippen LogP contribution in [0.2, 0.25) is 0 Å². The van der Waals surface area contributed by atoms with Crippen molar-refractivity contribution in [3.8, 4) is 0 Å². The van der Waals surface area contributed by atoms with Crippen molar-refractivity contribution >= 4 is 17.5 Å². The van der Waals surface area contributed by atoms with Crippen LogP contribution in [0.25, 0.3) is 0 Å². The number of amides is 2. The molecule has 5 heteroatoms. The van der Waals surface area contributed by atoms with Crippen LogP contribution in [-0.2, 0) is 4.79 Å². The quantitative estimate of drug-likeness (QED) is 0.744. The molecule has 0 aliphatic carbocycles. The zero-order chi connectivity index (χ0) is 13.7. The zero-order valence-corrected chi connectivity index (χ0v) is 11.0. The molecule has 3 N–H and O–H groups in total. The zero-order valence-electron chi connectivity index (χ0n) is 11.0. The number of benzene rings is 1. The van der Waals surface area contributed by atoms with Gasteiger partial charge in [-0.1, -0.05) is 6.92 Å². The first kappa shape index (κ1) is 13.4. The molecule has 0 radical (unpaired) electrons. The van der Waals surface area contributed by atoms with E-state index in [9.17, 15) is 9.59 Å². The van der Waals surface area contributed by atoms with Crippen LogP contribution in [0.4, 0.5) is 5.69 Å². The first-order valence-corrected chi connectivity index (χ1v) is 6.60. The van der Waals surface area contributed by atoms with Gasteiger partial charge in [-0.25, -0.2) is 0 Å². The summed E-state index contributed by atoms with van der Waals surface area (Å²) >= 11 is 0. The summed E-state index contributed by atoms with van der Waals surface area (Å²) in [6.07, 6.45) is 1.42. The molecule has 1 fully saturated rings. The lowest BCUT2D eigenvalue weighted by Crippen LogP contribution is -2.36. The molecule has 1 heterocycles. The molecule has 102 valence electrons. The molecule has 0 saturated carbocycles. The Labute approximate surface area is 112 Å². The Morgan fingerprint density at radius 3 is 2.68 bits per heavy atom. The molecule has 5 nitrogen and oxygen atoms in total. The third-order valence-electron chi connectivity index (χ3n) is 3.04. The van der Waals surface area contributed by atoms with E-state index in [4.69, 9.17) is 0 Å². The van der Waals surface area contributed by atoms with E-state index in [0.717, 1.165) is 18.7 Å². The minimum atomic E-state index is -0.136. The lowest BCUT2D eigenvalue weighted by molar-refractivity contribution is -0.119. The molecule has 1 atom stereocenters. The number of nitrogens with one attached hydrogen (secondary N) is 3. The normalized spacial score (nSPS) is 17.9. The number of hydrogen-bond acceptors (Lipinski definition) is 3. The van der Waals surface area contributed by atoms with Crippen molar-refractivity contribution in [1.29, 1.82) is 0 Å². The molecule has 2 rings (SSSR count). The van der Waals surface area contributed by atoms with Gasteiger partial charge >= 0.3 is 0 Å². The van der Waals surface area contributed by atoms with Crippen LogP contribution < -0.4 is 16.0 Å². The van der Waals surface area contributed by atoms with Crippen molar-refractivity contribution in [3.63, 3.8) is 0 Å². The fourth-order valence-electron chi connectivity index (χ4n) is 1.98. The highest BCUT2D eigenvalue weighted by Gasteiger charge is 2.23. The van der Waals surface area contributed by atoms with Crippen LogP contribution >= 0.6 is 0 Å². The van der Waals surface area contributed by atoms with E-state index in [2.05, 4.69) is 22.9 Å². The molecule has 0 spiro atoms. The molecule has 1 saturated heterocycles. The predicted molar refractivity (Wildman–Crippen MR) is 74.1 cm³/mol. The first-order valence-electron chi connectivity index (χ1n) is 6.60. The second-order valence-electron chi connectivity index (χ2n) is 4.68. The molecular formula is C14H19N3O2. The fourth-order valence-corrected chi connectivity index (χ4v) is 1.98. The van der Waals surface area contributed by atoms with E-state index in [1.165, 1.54) is 0 Å². The van der Waals surface area contributed by atoms with Crippen LogP contribution in [0, 0.1) is 0 Å². The minimum absolute atomic E-state index is 0.00980. The highest BCUT2D eigenvalue weighted by molar-refractivity contribution is 5.95. The summed E-state index contributed by atoms with van der Waals surface area (Å²) in [6.45, 7) is 3.54. The number of anilines is 1. The van der Waals surface area contributed by atoms with Crippen LogP contribution in [0.15, 0.2) is 24.3 Å². The van der Waals surface area contributed by atoms with Gasteiger partial charge in [0.2, 0.25) is 5.91 Å². The van der Waals surface area contributed by atoms with E-state index in [-0.39, 0.29) is 17.9 Å². The Hall–Kier alpha value is -2.04. The Kier molecular flexibility index (Phi) is 4.39. The maximum atomic E-state index is 12.0. The van der Waals surface area contributed by atoms with E-state index in [1.807, 2.05) is 12.1 Å². The standard InChI is InChI=1S/C14H19N3O2/c1-2-7-15-11-5-3-10(4-6-11)14(19)17-12-8-13(18)16-9-12/h3-6,12,15H,2,7-9H2,1H3,(H,16,18)(H,17,19). The fraction of sp³-hybridized carbons (Fsp3) is 0.429. The summed E-state index contributed by atoms with van der Waals surface area (Å²) in [4.78, 5) is 23.0. The van der Waals surface area contributed by atoms with Crippen molar-refractivity contribution in [2.75, 3.05) is 18.4 Å². The van der Waals surface area contributed by atoms with Gasteiger partial charge in [-0.15, -0.1) is 0 Å². The molecule has 1 aliphatic heterocycles. The maximum Gasteiger partial charge on any atom is 0.251 e. The molecule has 0 aromatic heterocycles. The maximum absolute atomic E-state index is 12.0. The van der Waals surface area contributed by atoms with Crippen molar-refractivity contribution in [2.24, 2.45) is 0 Å². The molecule has 1 unspecified atom stereocenters. The van der Waals surface area contributed by atoms with Gasteiger partial charge in [0.05, 0.1) is 6.04 Å². The van der Waals surface area contributed by atoms with Crippen LogP contribution in [-0.4, -0.2) is 30.9 Å². The van der Waals surface area contributed by atoms with Gasteiger partial charge in [-0.2, -0.15) is 0 Å². The van der Waals surface area contributed by atoms with E-state index >= 15 is 0 Å². The lowest BCUT2D eigenvalue weighted by atomic mass is 10.1. The Balaban J connectivity index is 1.90. The molecule has 0 bridgehead atoms. The van der Waals surface area contributed by atoms with Crippen LogP contribution in [0.1, 0.15) is 30.1 Å². The SMILES string of the molecule is CCCNc1ccc(C(=O)NC2CNC(=O)C2)cc1. The smallest absolute Gasteiger partial charge is 0.251 e. The first-order chi connectivity index (χ1) is 9.19. The highest BCUT2D eigenvalue weighted by Crippen LogP contribution is 2.10. The molecule has 1 aromatic rings. The van der Waals surface area contributed by atoms with Crippen molar-refractivity contribution < 1.29 is 9.59 Å². The summed E-state index contributed by atoms with van der Waals surface area (Å²) in [6, 6.07) is 7.26. The van der Waals surface area contributed by atoms with Crippen molar-refractivity contribution in [1.82, 2.24) is 10.6 Å². The van der Waals surface area contributed by atoms with E-state index in [1.54, 1.807) is 12.1 Å². The number of carbonyl (C=O) groups is 2. The summed E-state index contributed by atoms with van der Waals surface area (Å²) < 4.78 is 0. The van der Waals surface area contributed by atoms with Gasteiger partial charge < -0.3 is 16.0 Å². The number of hydrogen-bond donors (Lipinski definition) is 3. The average Bonchev–Trinajstić information content (AvgIpc) is 2.82. The monoisotopic (exact) mass is 261 g/mol. The summed E-state index contributed by atoms with van der Waals surface area (Å²) in [5, 5.41) is 8.79. The molecule has 2 amide bonds. The van der Waals surface area contributed by atoms with Crippen LogP contribution in [0.5, 0.6) is 0 Å². The molecule has 1 aliphatic rings. The average molecular weight is 261 g/mol. The van der Waals surface area contributed by atoms with Gasteiger partial charge in [0.25, 0.3) is 5.91 Å². The number of rotatable bonds is 5. The predicted octanol–water partition coefficient (Wildman–Crippen LogP) is 1.13. The second kappa shape index (κ2) is 6.22. The molecular weight excluding hydrogens is 242 g/mol. The lowest BCUT2D eigenvalue weighted by Gasteiger charge is -2.11. The van der Waals surface area contributed by atoms with Gasteiger partial charge in [-0.3, -0.25) is 9.59 Å².